The third kappa shape index (κ3) is 6.78. The fraction of sp³-hybridized carbons (Fsp3) is 0.138. The Morgan fingerprint density at radius 2 is 1.85 bits per heavy atom. The summed E-state index contributed by atoms with van der Waals surface area (Å²) in [6.45, 7) is 4.34. The number of aromatic hydroxyl groups is 1. The number of nitrogens with zero attached hydrogens (tertiary/aromatic N) is 2. The zero-order chi connectivity index (χ0) is 28.0. The van der Waals surface area contributed by atoms with E-state index in [4.69, 9.17) is 9.73 Å². The smallest absolute Gasteiger partial charge is 0.240 e. The Balaban J connectivity index is 1.54. The van der Waals surface area contributed by atoms with E-state index >= 15 is 0 Å². The molecular formula is C29H29BrN4O4S. The summed E-state index contributed by atoms with van der Waals surface area (Å²) in [5.41, 5.74) is 3.07. The Bertz CT molecular complexity index is 1560. The number of allylic oxidation sites excluding steroid dienone is 2. The van der Waals surface area contributed by atoms with E-state index in [9.17, 15) is 13.5 Å². The summed E-state index contributed by atoms with van der Waals surface area (Å²) in [5, 5.41) is 13.7. The van der Waals surface area contributed by atoms with Crippen LogP contribution >= 0.6 is 15.9 Å². The Morgan fingerprint density at radius 1 is 1.13 bits per heavy atom. The predicted molar refractivity (Wildman–Crippen MR) is 158 cm³/mol. The molecular weight excluding hydrogens is 580 g/mol. The summed E-state index contributed by atoms with van der Waals surface area (Å²) in [6.07, 6.45) is 3.55. The fourth-order valence-electron chi connectivity index (χ4n) is 3.93. The van der Waals surface area contributed by atoms with Crippen molar-refractivity contribution in [3.8, 4) is 11.5 Å². The molecule has 3 aromatic carbocycles. The summed E-state index contributed by atoms with van der Waals surface area (Å²) >= 11 is 3.54. The summed E-state index contributed by atoms with van der Waals surface area (Å²) in [6, 6.07) is 20.9. The van der Waals surface area contributed by atoms with Crippen molar-refractivity contribution < 1.29 is 18.3 Å². The topological polar surface area (TPSA) is 103 Å². The second-order valence-corrected chi connectivity index (χ2v) is 11.3. The molecule has 10 heteroatoms. The molecule has 4 rings (SSSR count). The van der Waals surface area contributed by atoms with E-state index in [0.717, 1.165) is 21.4 Å². The maximum Gasteiger partial charge on any atom is 0.240 e. The normalized spacial score (nSPS) is 15.9. The number of benzene rings is 3. The second kappa shape index (κ2) is 12.3. The van der Waals surface area contributed by atoms with Crippen LogP contribution in [0.15, 0.2) is 112 Å². The summed E-state index contributed by atoms with van der Waals surface area (Å²) in [7, 11) is -0.265. The molecule has 0 aliphatic carbocycles. The first-order valence-electron chi connectivity index (χ1n) is 12.0. The Kier molecular flexibility index (Phi) is 8.90. The van der Waals surface area contributed by atoms with Crippen molar-refractivity contribution in [3.05, 3.63) is 119 Å². The van der Waals surface area contributed by atoms with E-state index in [1.165, 1.54) is 19.2 Å². The molecule has 0 bridgehead atoms. The van der Waals surface area contributed by atoms with E-state index in [1.54, 1.807) is 30.3 Å². The monoisotopic (exact) mass is 608 g/mol. The molecule has 0 aromatic heterocycles. The van der Waals surface area contributed by atoms with E-state index in [0.29, 0.717) is 29.4 Å². The van der Waals surface area contributed by atoms with Crippen molar-refractivity contribution in [2.24, 2.45) is 4.99 Å². The summed E-state index contributed by atoms with van der Waals surface area (Å²) < 4.78 is 33.9. The number of nitrogens with one attached hydrogen (secondary N) is 2. The number of rotatable bonds is 9. The Labute approximate surface area is 237 Å². The number of methoxy groups -OCH3 is 1. The molecule has 0 fully saturated rings. The molecule has 1 aliphatic rings. The van der Waals surface area contributed by atoms with E-state index in [1.807, 2.05) is 54.4 Å². The molecule has 0 atom stereocenters. The van der Waals surface area contributed by atoms with Gasteiger partial charge in [-0.1, -0.05) is 49.1 Å². The van der Waals surface area contributed by atoms with Crippen molar-refractivity contribution in [1.82, 2.24) is 14.9 Å². The minimum Gasteiger partial charge on any atom is -0.507 e. The van der Waals surface area contributed by atoms with Crippen molar-refractivity contribution >= 4 is 37.5 Å². The Hall–Kier alpha value is -3.86. The number of amidine groups is 1. The van der Waals surface area contributed by atoms with Gasteiger partial charge in [0.25, 0.3) is 0 Å². The van der Waals surface area contributed by atoms with E-state index in [2.05, 4.69) is 32.5 Å². The summed E-state index contributed by atoms with van der Waals surface area (Å²) in [4.78, 5) is 6.88. The minimum atomic E-state index is -3.68. The lowest BCUT2D eigenvalue weighted by atomic mass is 10.1. The number of aliphatic imine (C=N–C) groups is 1. The van der Waals surface area contributed by atoms with Gasteiger partial charge in [-0.3, -0.25) is 4.99 Å². The van der Waals surface area contributed by atoms with Crippen molar-refractivity contribution in [2.45, 2.75) is 18.0 Å². The van der Waals surface area contributed by atoms with Crippen LogP contribution in [0.5, 0.6) is 11.5 Å². The van der Waals surface area contributed by atoms with E-state index in [-0.39, 0.29) is 17.2 Å². The molecule has 0 saturated heterocycles. The highest BCUT2D eigenvalue weighted by molar-refractivity contribution is 9.11. The average Bonchev–Trinajstić information content (AvgIpc) is 2.96. The molecule has 0 radical (unpaired) electrons. The maximum absolute atomic E-state index is 12.7. The van der Waals surface area contributed by atoms with Crippen LogP contribution in [0.25, 0.3) is 5.70 Å². The largest absolute Gasteiger partial charge is 0.507 e. The predicted octanol–water partition coefficient (Wildman–Crippen LogP) is 5.10. The number of para-hydroxylation sites is 1. The molecule has 3 N–H and O–H groups in total. The van der Waals surface area contributed by atoms with Crippen LogP contribution in [0.2, 0.25) is 0 Å². The number of phenols is 1. The third-order valence-electron chi connectivity index (χ3n) is 6.06. The van der Waals surface area contributed by atoms with Gasteiger partial charge in [0.1, 0.15) is 23.2 Å². The first-order chi connectivity index (χ1) is 18.7. The SMILES string of the molecule is C=C/C(Br)=C1/NC(c2ccccc2O)=CC(=NCc2cccc(CNS(=O)(=O)c3ccc(OC)cc3)c2)N1C. The first-order valence-corrected chi connectivity index (χ1v) is 14.3. The molecule has 1 aliphatic heterocycles. The quantitative estimate of drug-likeness (QED) is 0.312. The minimum absolute atomic E-state index is 0.138. The first kappa shape index (κ1) is 28.2. The summed E-state index contributed by atoms with van der Waals surface area (Å²) in [5.74, 6) is 2.14. The highest BCUT2D eigenvalue weighted by atomic mass is 79.9. The number of hydrogen-bond donors (Lipinski definition) is 3. The third-order valence-corrected chi connectivity index (χ3v) is 8.17. The van der Waals surface area contributed by atoms with Gasteiger partial charge in [0.2, 0.25) is 10.0 Å². The lowest BCUT2D eigenvalue weighted by Gasteiger charge is -2.31. The molecule has 8 nitrogen and oxygen atoms in total. The highest BCUT2D eigenvalue weighted by Gasteiger charge is 2.22. The number of phenolic OH excluding ortho intramolecular Hbond substituents is 1. The zero-order valence-corrected chi connectivity index (χ0v) is 24.0. The van der Waals surface area contributed by atoms with Gasteiger partial charge >= 0.3 is 0 Å². The molecule has 0 unspecified atom stereocenters. The van der Waals surface area contributed by atoms with Crippen molar-refractivity contribution in [2.75, 3.05) is 14.2 Å². The molecule has 39 heavy (non-hydrogen) atoms. The standard InChI is InChI=1S/C29H29BrN4O4S/c1-4-25(30)29-33-26(24-10-5-6-11-27(24)35)17-28(34(29)2)31-18-20-8-7-9-21(16-20)19-32-39(36,37)23-14-12-22(38-3)13-15-23/h4-17,32-33,35H,1,18-19H2,2-3H3/b29-25+,31-28?. The second-order valence-electron chi connectivity index (χ2n) is 8.65. The van der Waals surface area contributed by atoms with Gasteiger partial charge in [-0.15, -0.1) is 0 Å². The lowest BCUT2D eigenvalue weighted by molar-refractivity contribution is 0.414. The van der Waals surface area contributed by atoms with Crippen molar-refractivity contribution in [1.29, 1.82) is 0 Å². The lowest BCUT2D eigenvalue weighted by Crippen LogP contribution is -2.37. The van der Waals surface area contributed by atoms with Gasteiger partial charge in [-0.2, -0.15) is 0 Å². The maximum atomic E-state index is 12.7. The number of ether oxygens (including phenoxy) is 1. The van der Waals surface area contributed by atoms with Crippen molar-refractivity contribution in [3.63, 3.8) is 0 Å². The van der Waals surface area contributed by atoms with Gasteiger partial charge < -0.3 is 20.1 Å². The van der Waals surface area contributed by atoms with Crippen LogP contribution in [0, 0.1) is 0 Å². The van der Waals surface area contributed by atoms with Gasteiger partial charge in [0.15, 0.2) is 0 Å². The van der Waals surface area contributed by atoms with Crippen LogP contribution in [0.1, 0.15) is 16.7 Å². The van der Waals surface area contributed by atoms with Crippen LogP contribution in [-0.2, 0) is 23.1 Å². The van der Waals surface area contributed by atoms with Gasteiger partial charge in [0, 0.05) is 25.2 Å². The van der Waals surface area contributed by atoms with Crippen LogP contribution in [0.3, 0.4) is 0 Å². The highest BCUT2D eigenvalue weighted by Crippen LogP contribution is 2.29. The molecule has 1 heterocycles. The molecule has 0 saturated carbocycles. The number of halogens is 1. The van der Waals surface area contributed by atoms with E-state index < -0.39 is 10.0 Å². The molecule has 202 valence electrons. The Morgan fingerprint density at radius 3 is 2.54 bits per heavy atom. The van der Waals surface area contributed by atoms with Gasteiger partial charge in [-0.25, -0.2) is 13.1 Å². The number of sulfonamides is 1. The van der Waals surface area contributed by atoms with Crippen LogP contribution < -0.4 is 14.8 Å². The average molecular weight is 610 g/mol. The molecule has 0 amide bonds. The fourth-order valence-corrected chi connectivity index (χ4v) is 5.31. The molecule has 3 aromatic rings. The van der Waals surface area contributed by atoms with Crippen LogP contribution in [-0.4, -0.2) is 38.4 Å². The number of hydrogen-bond acceptors (Lipinski definition) is 6. The van der Waals surface area contributed by atoms with Crippen LogP contribution in [0.4, 0.5) is 0 Å². The van der Waals surface area contributed by atoms with Gasteiger partial charge in [0.05, 0.1) is 28.7 Å². The van der Waals surface area contributed by atoms with Gasteiger partial charge in [-0.05, 0) is 63.5 Å². The number of likely N-dealkylation sites (N-methyl/N-ethyl adjacent to an activating group) is 1. The zero-order valence-electron chi connectivity index (χ0n) is 21.6. The molecule has 0 spiro atoms.